The number of benzene rings is 1. The molecule has 1 aliphatic rings. The van der Waals surface area contributed by atoms with E-state index in [0.717, 1.165) is 41.9 Å². The third kappa shape index (κ3) is 5.72. The van der Waals surface area contributed by atoms with Gasteiger partial charge in [-0.15, -0.1) is 24.0 Å². The lowest BCUT2D eigenvalue weighted by molar-refractivity contribution is 0.00397. The van der Waals surface area contributed by atoms with Crippen molar-refractivity contribution in [3.05, 3.63) is 35.9 Å². The van der Waals surface area contributed by atoms with E-state index in [0.29, 0.717) is 13.1 Å². The Hall–Kier alpha value is -1.61. The minimum absolute atomic E-state index is 0. The van der Waals surface area contributed by atoms with Crippen LogP contribution >= 0.6 is 24.0 Å². The van der Waals surface area contributed by atoms with E-state index in [-0.39, 0.29) is 35.5 Å². The smallest absolute Gasteiger partial charge is 0.191 e. The summed E-state index contributed by atoms with van der Waals surface area (Å²) in [5.41, 5.74) is 2.07. The van der Waals surface area contributed by atoms with Crippen molar-refractivity contribution in [3.63, 3.8) is 0 Å². The number of guanidine groups is 1. The summed E-state index contributed by atoms with van der Waals surface area (Å²) in [6.45, 7) is 3.54. The predicted molar refractivity (Wildman–Crippen MR) is 132 cm³/mol. The molecule has 0 amide bonds. The number of hydrogen-bond donors (Lipinski definition) is 3. The van der Waals surface area contributed by atoms with Gasteiger partial charge in [0.25, 0.3) is 0 Å². The molecule has 7 heteroatoms. The van der Waals surface area contributed by atoms with Crippen molar-refractivity contribution in [2.75, 3.05) is 32.6 Å². The second-order valence-electron chi connectivity index (χ2n) is 8.25. The molecule has 0 bridgehead atoms. The molecule has 1 aromatic heterocycles. The molecule has 160 valence electrons. The number of pyridine rings is 1. The molecule has 29 heavy (non-hydrogen) atoms. The van der Waals surface area contributed by atoms with E-state index in [4.69, 9.17) is 4.98 Å². The van der Waals surface area contributed by atoms with Gasteiger partial charge >= 0.3 is 0 Å². The zero-order valence-corrected chi connectivity index (χ0v) is 20.2. The molecule has 1 saturated carbocycles. The summed E-state index contributed by atoms with van der Waals surface area (Å²) < 4.78 is 0. The van der Waals surface area contributed by atoms with Crippen molar-refractivity contribution in [1.82, 2.24) is 15.6 Å². The SMILES string of the molecule is CN=C(NCc1cc(N(C)C)nc2ccccc12)NCC1(C)CCCCC1O.I. The highest BCUT2D eigenvalue weighted by Gasteiger charge is 2.35. The molecule has 0 aliphatic heterocycles. The number of halogens is 1. The Balaban J connectivity index is 0.00000300. The third-order valence-corrected chi connectivity index (χ3v) is 5.86. The van der Waals surface area contributed by atoms with Crippen LogP contribution in [0.15, 0.2) is 35.3 Å². The average Bonchev–Trinajstić information content (AvgIpc) is 2.70. The molecular formula is C22H34IN5O. The van der Waals surface area contributed by atoms with E-state index >= 15 is 0 Å². The van der Waals surface area contributed by atoms with Crippen LogP contribution in [0.2, 0.25) is 0 Å². The number of nitrogens with one attached hydrogen (secondary N) is 2. The lowest BCUT2D eigenvalue weighted by atomic mass is 9.73. The fraction of sp³-hybridized carbons (Fsp3) is 0.545. The summed E-state index contributed by atoms with van der Waals surface area (Å²) >= 11 is 0. The highest BCUT2D eigenvalue weighted by Crippen LogP contribution is 2.35. The van der Waals surface area contributed by atoms with Crippen molar-refractivity contribution in [1.29, 1.82) is 0 Å². The van der Waals surface area contributed by atoms with Gasteiger partial charge < -0.3 is 20.6 Å². The minimum Gasteiger partial charge on any atom is -0.392 e. The van der Waals surface area contributed by atoms with Crippen molar-refractivity contribution >= 4 is 46.7 Å². The average molecular weight is 511 g/mol. The lowest BCUT2D eigenvalue weighted by Crippen LogP contribution is -2.48. The molecule has 0 saturated heterocycles. The molecule has 0 spiro atoms. The summed E-state index contributed by atoms with van der Waals surface area (Å²) in [4.78, 5) is 11.1. The van der Waals surface area contributed by atoms with Crippen LogP contribution in [0.1, 0.15) is 38.2 Å². The first-order chi connectivity index (χ1) is 13.4. The van der Waals surface area contributed by atoms with E-state index in [9.17, 15) is 5.11 Å². The van der Waals surface area contributed by atoms with Gasteiger partial charge in [0.05, 0.1) is 11.6 Å². The molecule has 2 unspecified atom stereocenters. The van der Waals surface area contributed by atoms with Crippen LogP contribution in [0.3, 0.4) is 0 Å². The molecular weight excluding hydrogens is 477 g/mol. The number of aliphatic hydroxyl groups is 1. The molecule has 1 heterocycles. The van der Waals surface area contributed by atoms with Crippen LogP contribution in [0.5, 0.6) is 0 Å². The topological polar surface area (TPSA) is 72.8 Å². The maximum atomic E-state index is 10.4. The summed E-state index contributed by atoms with van der Waals surface area (Å²) in [6.07, 6.45) is 3.98. The van der Waals surface area contributed by atoms with Crippen LogP contribution in [0.4, 0.5) is 5.82 Å². The summed E-state index contributed by atoms with van der Waals surface area (Å²) in [5.74, 6) is 1.70. The van der Waals surface area contributed by atoms with E-state index in [1.165, 1.54) is 12.0 Å². The largest absolute Gasteiger partial charge is 0.392 e. The van der Waals surface area contributed by atoms with Gasteiger partial charge in [-0.25, -0.2) is 4.98 Å². The van der Waals surface area contributed by atoms with Crippen molar-refractivity contribution < 1.29 is 5.11 Å². The van der Waals surface area contributed by atoms with Crippen LogP contribution in [0, 0.1) is 5.41 Å². The maximum absolute atomic E-state index is 10.4. The Morgan fingerprint density at radius 3 is 2.72 bits per heavy atom. The van der Waals surface area contributed by atoms with E-state index in [2.05, 4.69) is 34.7 Å². The molecule has 0 radical (unpaired) electrons. The quantitative estimate of drug-likeness (QED) is 0.326. The van der Waals surface area contributed by atoms with E-state index in [1.807, 2.05) is 37.2 Å². The fourth-order valence-corrected chi connectivity index (χ4v) is 3.88. The second kappa shape index (κ2) is 10.4. The first-order valence-electron chi connectivity index (χ1n) is 10.1. The van der Waals surface area contributed by atoms with E-state index in [1.54, 1.807) is 7.05 Å². The summed E-state index contributed by atoms with van der Waals surface area (Å²) in [5, 5.41) is 18.4. The maximum Gasteiger partial charge on any atom is 0.191 e. The molecule has 2 atom stereocenters. The first-order valence-corrected chi connectivity index (χ1v) is 10.1. The zero-order valence-electron chi connectivity index (χ0n) is 17.9. The molecule has 6 nitrogen and oxygen atoms in total. The zero-order chi connectivity index (χ0) is 20.1. The molecule has 1 aromatic carbocycles. The molecule has 3 rings (SSSR count). The van der Waals surface area contributed by atoms with Crippen molar-refractivity contribution in [3.8, 4) is 0 Å². The summed E-state index contributed by atoms with van der Waals surface area (Å²) in [7, 11) is 5.79. The molecule has 3 N–H and O–H groups in total. The van der Waals surface area contributed by atoms with Crippen LogP contribution in [-0.2, 0) is 6.54 Å². The summed E-state index contributed by atoms with van der Waals surface area (Å²) in [6, 6.07) is 10.3. The molecule has 1 aliphatic carbocycles. The van der Waals surface area contributed by atoms with Gasteiger partial charge in [-0.2, -0.15) is 0 Å². The number of fused-ring (bicyclic) bond motifs is 1. The van der Waals surface area contributed by atoms with Gasteiger partial charge in [-0.3, -0.25) is 4.99 Å². The first kappa shape index (κ1) is 23.7. The van der Waals surface area contributed by atoms with Crippen LogP contribution in [0.25, 0.3) is 10.9 Å². The number of aliphatic hydroxyl groups excluding tert-OH is 1. The number of nitrogens with zero attached hydrogens (tertiary/aromatic N) is 3. The lowest BCUT2D eigenvalue weighted by Gasteiger charge is -2.38. The fourth-order valence-electron chi connectivity index (χ4n) is 3.88. The van der Waals surface area contributed by atoms with Crippen molar-refractivity contribution in [2.45, 2.75) is 45.3 Å². The number of para-hydroxylation sites is 1. The predicted octanol–water partition coefficient (Wildman–Crippen LogP) is 3.53. The van der Waals surface area contributed by atoms with Crippen LogP contribution < -0.4 is 15.5 Å². The highest BCUT2D eigenvalue weighted by atomic mass is 127. The Morgan fingerprint density at radius 1 is 1.28 bits per heavy atom. The third-order valence-electron chi connectivity index (χ3n) is 5.86. The number of rotatable bonds is 5. The van der Waals surface area contributed by atoms with Gasteiger partial charge in [0.15, 0.2) is 5.96 Å². The Morgan fingerprint density at radius 2 is 2.03 bits per heavy atom. The normalized spacial score (nSPS) is 22.1. The van der Waals surface area contributed by atoms with Crippen LogP contribution in [-0.4, -0.2) is 49.8 Å². The number of anilines is 1. The van der Waals surface area contributed by atoms with Gasteiger partial charge in [-0.05, 0) is 30.5 Å². The Labute approximate surface area is 191 Å². The van der Waals surface area contributed by atoms with Gasteiger partial charge in [0.2, 0.25) is 0 Å². The standard InChI is InChI=1S/C22H33N5O.HI/c1-22(12-8-7-11-19(22)28)15-25-21(23-2)24-14-16-13-20(27(3)4)26-18-10-6-5-9-17(16)18;/h5-6,9-10,13,19,28H,7-8,11-12,14-15H2,1-4H3,(H2,23,24,25);1H. The monoisotopic (exact) mass is 511 g/mol. The number of aliphatic imine (C=N–C) groups is 1. The van der Waals surface area contributed by atoms with Gasteiger partial charge in [0.1, 0.15) is 5.82 Å². The Kier molecular flexibility index (Phi) is 8.51. The van der Waals surface area contributed by atoms with Crippen molar-refractivity contribution in [2.24, 2.45) is 10.4 Å². The van der Waals surface area contributed by atoms with Gasteiger partial charge in [-0.1, -0.05) is 38.0 Å². The number of aromatic nitrogens is 1. The van der Waals surface area contributed by atoms with Gasteiger partial charge in [0, 0.05) is 45.0 Å². The highest BCUT2D eigenvalue weighted by molar-refractivity contribution is 14.0. The van der Waals surface area contributed by atoms with E-state index < -0.39 is 0 Å². The molecule has 2 aromatic rings. The molecule has 1 fully saturated rings. The second-order valence-corrected chi connectivity index (χ2v) is 8.25. The Bertz CT molecular complexity index is 841. The minimum atomic E-state index is -0.251. The number of hydrogen-bond acceptors (Lipinski definition) is 4.